The molecular formula is C13H15ClFN3O3. The number of nitro groups is 1. The largest absolute Gasteiger partial charge is 0.371 e. The highest BCUT2D eigenvalue weighted by Gasteiger charge is 2.20. The van der Waals surface area contributed by atoms with E-state index in [1.165, 1.54) is 0 Å². The van der Waals surface area contributed by atoms with Gasteiger partial charge in [0.1, 0.15) is 11.5 Å². The maximum atomic E-state index is 13.3. The molecular weight excluding hydrogens is 301 g/mol. The van der Waals surface area contributed by atoms with Crippen molar-refractivity contribution in [3.05, 3.63) is 33.1 Å². The molecule has 1 heterocycles. The third-order valence-electron chi connectivity index (χ3n) is 3.37. The standard InChI is InChI=1S/C13H15ClFN3O3/c14-9-6-11(12(18(20)21)7-10(9)15)16-8-13(19)17-4-2-1-3-5-17/h6-7,16H,1-5,8H2. The van der Waals surface area contributed by atoms with Gasteiger partial charge in [0.25, 0.3) is 5.69 Å². The summed E-state index contributed by atoms with van der Waals surface area (Å²) < 4.78 is 13.3. The zero-order chi connectivity index (χ0) is 15.4. The van der Waals surface area contributed by atoms with E-state index in [4.69, 9.17) is 11.6 Å². The van der Waals surface area contributed by atoms with Gasteiger partial charge < -0.3 is 10.2 Å². The lowest BCUT2D eigenvalue weighted by molar-refractivity contribution is -0.384. The van der Waals surface area contributed by atoms with Crippen LogP contribution in [0.3, 0.4) is 0 Å². The molecule has 0 unspecified atom stereocenters. The first-order chi connectivity index (χ1) is 9.99. The molecule has 1 N–H and O–H groups in total. The van der Waals surface area contributed by atoms with E-state index < -0.39 is 16.4 Å². The lowest BCUT2D eigenvalue weighted by Crippen LogP contribution is -2.39. The van der Waals surface area contributed by atoms with Crippen LogP contribution in [-0.2, 0) is 4.79 Å². The molecule has 0 bridgehead atoms. The SMILES string of the molecule is O=C(CNc1cc(Cl)c(F)cc1[N+](=O)[O-])N1CCCCC1. The van der Waals surface area contributed by atoms with Crippen LogP contribution in [0.5, 0.6) is 0 Å². The van der Waals surface area contributed by atoms with Gasteiger partial charge in [0.05, 0.1) is 22.6 Å². The first-order valence-corrected chi connectivity index (χ1v) is 7.02. The zero-order valence-electron chi connectivity index (χ0n) is 11.3. The van der Waals surface area contributed by atoms with Crippen molar-refractivity contribution in [1.82, 2.24) is 4.90 Å². The van der Waals surface area contributed by atoms with Crippen LogP contribution in [0.25, 0.3) is 0 Å². The van der Waals surface area contributed by atoms with E-state index in [1.54, 1.807) is 4.90 Å². The van der Waals surface area contributed by atoms with Gasteiger partial charge in [0.2, 0.25) is 5.91 Å². The first-order valence-electron chi connectivity index (χ1n) is 6.64. The van der Waals surface area contributed by atoms with E-state index in [-0.39, 0.29) is 23.2 Å². The van der Waals surface area contributed by atoms with Crippen molar-refractivity contribution in [3.8, 4) is 0 Å². The number of hydrogen-bond donors (Lipinski definition) is 1. The fraction of sp³-hybridized carbons (Fsp3) is 0.462. The summed E-state index contributed by atoms with van der Waals surface area (Å²) in [7, 11) is 0. The van der Waals surface area contributed by atoms with Crippen LogP contribution in [0.1, 0.15) is 19.3 Å². The maximum absolute atomic E-state index is 13.3. The Morgan fingerprint density at radius 3 is 2.67 bits per heavy atom. The van der Waals surface area contributed by atoms with Crippen LogP contribution in [0.4, 0.5) is 15.8 Å². The van der Waals surface area contributed by atoms with Gasteiger partial charge in [-0.1, -0.05) is 11.6 Å². The number of nitrogens with zero attached hydrogens (tertiary/aromatic N) is 2. The molecule has 0 aliphatic carbocycles. The number of hydrogen-bond acceptors (Lipinski definition) is 4. The van der Waals surface area contributed by atoms with Gasteiger partial charge in [-0.05, 0) is 25.3 Å². The third kappa shape index (κ3) is 3.81. The summed E-state index contributed by atoms with van der Waals surface area (Å²) in [5.41, 5.74) is -0.403. The monoisotopic (exact) mass is 315 g/mol. The number of anilines is 1. The quantitative estimate of drug-likeness (QED) is 0.684. The molecule has 1 fully saturated rings. The number of carbonyl (C=O) groups is 1. The summed E-state index contributed by atoms with van der Waals surface area (Å²) in [5, 5.41) is 13.3. The molecule has 6 nitrogen and oxygen atoms in total. The second kappa shape index (κ2) is 6.71. The van der Waals surface area contributed by atoms with Crippen LogP contribution >= 0.6 is 11.6 Å². The summed E-state index contributed by atoms with van der Waals surface area (Å²) in [4.78, 5) is 23.9. The van der Waals surface area contributed by atoms with Crippen LogP contribution in [0.2, 0.25) is 5.02 Å². The van der Waals surface area contributed by atoms with Gasteiger partial charge in [-0.25, -0.2) is 4.39 Å². The highest BCUT2D eigenvalue weighted by atomic mass is 35.5. The Bertz CT molecular complexity index is 562. The normalized spacial score (nSPS) is 14.9. The average molecular weight is 316 g/mol. The molecule has 2 rings (SSSR count). The number of benzene rings is 1. The van der Waals surface area contributed by atoms with Crippen molar-refractivity contribution in [2.45, 2.75) is 19.3 Å². The number of likely N-dealkylation sites (tertiary alicyclic amines) is 1. The summed E-state index contributed by atoms with van der Waals surface area (Å²) in [6.45, 7) is 1.32. The number of piperidine rings is 1. The van der Waals surface area contributed by atoms with Crippen molar-refractivity contribution < 1.29 is 14.1 Å². The lowest BCUT2D eigenvalue weighted by atomic mass is 10.1. The molecule has 0 atom stereocenters. The molecule has 0 saturated carbocycles. The Labute approximate surface area is 126 Å². The lowest BCUT2D eigenvalue weighted by Gasteiger charge is -2.26. The molecule has 21 heavy (non-hydrogen) atoms. The molecule has 8 heteroatoms. The molecule has 0 radical (unpaired) electrons. The second-order valence-corrected chi connectivity index (χ2v) is 5.24. The highest BCUT2D eigenvalue weighted by molar-refractivity contribution is 6.31. The highest BCUT2D eigenvalue weighted by Crippen LogP contribution is 2.30. The van der Waals surface area contributed by atoms with Crippen LogP contribution < -0.4 is 5.32 Å². The molecule has 0 aromatic heterocycles. The van der Waals surface area contributed by atoms with Gasteiger partial charge in [0.15, 0.2) is 0 Å². The molecule has 1 aromatic rings. The van der Waals surface area contributed by atoms with Crippen molar-refractivity contribution in [2.24, 2.45) is 0 Å². The minimum Gasteiger partial charge on any atom is -0.371 e. The van der Waals surface area contributed by atoms with Crippen LogP contribution in [-0.4, -0.2) is 35.4 Å². The fourth-order valence-electron chi connectivity index (χ4n) is 2.25. The molecule has 114 valence electrons. The number of nitro benzene ring substituents is 1. The van der Waals surface area contributed by atoms with E-state index in [2.05, 4.69) is 5.32 Å². The van der Waals surface area contributed by atoms with Gasteiger partial charge in [-0.3, -0.25) is 14.9 Å². The molecule has 1 saturated heterocycles. The number of rotatable bonds is 4. The van der Waals surface area contributed by atoms with E-state index in [0.29, 0.717) is 13.1 Å². The number of amides is 1. The van der Waals surface area contributed by atoms with Crippen molar-refractivity contribution in [3.63, 3.8) is 0 Å². The number of nitrogens with one attached hydrogen (secondary N) is 1. The third-order valence-corrected chi connectivity index (χ3v) is 3.66. The Morgan fingerprint density at radius 2 is 2.05 bits per heavy atom. The van der Waals surface area contributed by atoms with E-state index in [0.717, 1.165) is 31.4 Å². The summed E-state index contributed by atoms with van der Waals surface area (Å²) in [6.07, 6.45) is 3.04. The Morgan fingerprint density at radius 1 is 1.38 bits per heavy atom. The predicted molar refractivity (Wildman–Crippen MR) is 77.0 cm³/mol. The van der Waals surface area contributed by atoms with E-state index >= 15 is 0 Å². The van der Waals surface area contributed by atoms with Gasteiger partial charge >= 0.3 is 0 Å². The Balaban J connectivity index is 2.06. The summed E-state index contributed by atoms with van der Waals surface area (Å²) in [5.74, 6) is -0.999. The first kappa shape index (κ1) is 15.5. The molecule has 0 spiro atoms. The summed E-state index contributed by atoms with van der Waals surface area (Å²) >= 11 is 5.62. The Kier molecular flexibility index (Phi) is 4.95. The van der Waals surface area contributed by atoms with Gasteiger partial charge in [-0.15, -0.1) is 0 Å². The predicted octanol–water partition coefficient (Wildman–Crippen LogP) is 2.81. The van der Waals surface area contributed by atoms with E-state index in [9.17, 15) is 19.3 Å². The molecule has 1 amide bonds. The van der Waals surface area contributed by atoms with Crippen molar-refractivity contribution in [2.75, 3.05) is 25.0 Å². The Hall–Kier alpha value is -1.89. The molecule has 1 aliphatic rings. The van der Waals surface area contributed by atoms with Crippen LogP contribution in [0, 0.1) is 15.9 Å². The molecule has 1 aliphatic heterocycles. The minimum absolute atomic E-state index is 0.0387. The summed E-state index contributed by atoms with van der Waals surface area (Å²) in [6, 6.07) is 1.87. The van der Waals surface area contributed by atoms with Crippen molar-refractivity contribution >= 4 is 28.9 Å². The van der Waals surface area contributed by atoms with Gasteiger partial charge in [0, 0.05) is 13.1 Å². The number of carbonyl (C=O) groups excluding carboxylic acids is 1. The smallest absolute Gasteiger partial charge is 0.295 e. The zero-order valence-corrected chi connectivity index (χ0v) is 12.0. The fourth-order valence-corrected chi connectivity index (χ4v) is 2.42. The van der Waals surface area contributed by atoms with Crippen LogP contribution in [0.15, 0.2) is 12.1 Å². The van der Waals surface area contributed by atoms with E-state index in [1.807, 2.05) is 0 Å². The minimum atomic E-state index is -0.865. The topological polar surface area (TPSA) is 75.5 Å². The van der Waals surface area contributed by atoms with Gasteiger partial charge in [-0.2, -0.15) is 0 Å². The second-order valence-electron chi connectivity index (χ2n) is 4.84. The van der Waals surface area contributed by atoms with Crippen molar-refractivity contribution in [1.29, 1.82) is 0 Å². The average Bonchev–Trinajstić information content (AvgIpc) is 2.48. The molecule has 1 aromatic carbocycles. The number of halogens is 2. The maximum Gasteiger partial charge on any atom is 0.295 e.